The molecule has 1 aliphatic rings. The van der Waals surface area contributed by atoms with Gasteiger partial charge in [-0.25, -0.2) is 4.98 Å². The lowest BCUT2D eigenvalue weighted by atomic mass is 10.1. The van der Waals surface area contributed by atoms with Crippen molar-refractivity contribution < 1.29 is 9.53 Å². The number of likely N-dealkylation sites (tertiary alicyclic amines) is 1. The van der Waals surface area contributed by atoms with Crippen LogP contribution in [0.3, 0.4) is 0 Å². The summed E-state index contributed by atoms with van der Waals surface area (Å²) in [5.41, 5.74) is 2.25. The molecule has 0 aliphatic carbocycles. The number of aromatic nitrogens is 2. The molecule has 0 saturated carbocycles. The van der Waals surface area contributed by atoms with Gasteiger partial charge in [-0.15, -0.1) is 0 Å². The Morgan fingerprint density at radius 2 is 2.11 bits per heavy atom. The highest BCUT2D eigenvalue weighted by molar-refractivity contribution is 5.94. The number of carbonyl (C=O) groups excluding carboxylic acids is 1. The molecule has 0 bridgehead atoms. The summed E-state index contributed by atoms with van der Waals surface area (Å²) < 4.78 is 5.06. The Hall–Kier alpha value is -2.47. The monoisotopic (exact) mass is 368 g/mol. The van der Waals surface area contributed by atoms with Crippen molar-refractivity contribution in [2.45, 2.75) is 20.3 Å². The second-order valence-electron chi connectivity index (χ2n) is 7.54. The number of rotatable bonds is 7. The molecule has 144 valence electrons. The van der Waals surface area contributed by atoms with Crippen LogP contribution in [0.5, 0.6) is 5.88 Å². The topological polar surface area (TPSA) is 67.3 Å². The van der Waals surface area contributed by atoms with Gasteiger partial charge >= 0.3 is 0 Å². The van der Waals surface area contributed by atoms with Crippen molar-refractivity contribution in [1.29, 1.82) is 0 Å². The quantitative estimate of drug-likeness (QED) is 0.814. The molecule has 2 aromatic heterocycles. The van der Waals surface area contributed by atoms with Crippen LogP contribution in [0.2, 0.25) is 0 Å². The third-order valence-corrected chi connectivity index (χ3v) is 4.81. The van der Waals surface area contributed by atoms with Gasteiger partial charge in [0.25, 0.3) is 5.91 Å². The van der Waals surface area contributed by atoms with Crippen molar-refractivity contribution in [2.75, 3.05) is 33.3 Å². The molecule has 6 heteroatoms. The molecular weight excluding hydrogens is 340 g/mol. The Bertz CT molecular complexity index is 744. The Kier molecular flexibility index (Phi) is 6.40. The molecule has 1 amide bonds. The first kappa shape index (κ1) is 19.3. The minimum atomic E-state index is -0.0655. The fourth-order valence-corrected chi connectivity index (χ4v) is 3.45. The van der Waals surface area contributed by atoms with Gasteiger partial charge in [-0.2, -0.15) is 0 Å². The summed E-state index contributed by atoms with van der Waals surface area (Å²) in [6, 6.07) is 7.35. The van der Waals surface area contributed by atoms with E-state index in [0.29, 0.717) is 23.3 Å². The van der Waals surface area contributed by atoms with Gasteiger partial charge in [0.1, 0.15) is 0 Å². The number of methoxy groups -OCH3 is 1. The first-order valence-corrected chi connectivity index (χ1v) is 9.52. The normalized spacial score (nSPS) is 17.3. The summed E-state index contributed by atoms with van der Waals surface area (Å²) in [7, 11) is 1.58. The van der Waals surface area contributed by atoms with Crippen LogP contribution in [0.1, 0.15) is 30.6 Å². The lowest BCUT2D eigenvalue weighted by Crippen LogP contribution is -2.31. The molecule has 1 atom stereocenters. The van der Waals surface area contributed by atoms with E-state index < -0.39 is 0 Å². The highest BCUT2D eigenvalue weighted by atomic mass is 16.5. The average molecular weight is 368 g/mol. The zero-order chi connectivity index (χ0) is 19.2. The Labute approximate surface area is 161 Å². The summed E-state index contributed by atoms with van der Waals surface area (Å²) in [6.07, 6.45) is 4.48. The molecule has 1 saturated heterocycles. The van der Waals surface area contributed by atoms with Crippen molar-refractivity contribution in [3.8, 4) is 17.1 Å². The summed E-state index contributed by atoms with van der Waals surface area (Å²) in [5, 5.41) is 3.05. The van der Waals surface area contributed by atoms with Crippen LogP contribution >= 0.6 is 0 Å². The second-order valence-corrected chi connectivity index (χ2v) is 7.54. The van der Waals surface area contributed by atoms with Crippen LogP contribution < -0.4 is 10.1 Å². The van der Waals surface area contributed by atoms with Crippen molar-refractivity contribution >= 4 is 5.91 Å². The molecule has 27 heavy (non-hydrogen) atoms. The molecule has 0 radical (unpaired) electrons. The van der Waals surface area contributed by atoms with E-state index in [4.69, 9.17) is 4.74 Å². The maximum absolute atomic E-state index is 12.4. The number of nitrogens with one attached hydrogen (secondary N) is 1. The molecular formula is C21H28N4O2. The molecule has 1 aliphatic heterocycles. The molecule has 0 spiro atoms. The molecule has 1 fully saturated rings. The van der Waals surface area contributed by atoms with Crippen LogP contribution in [0.4, 0.5) is 0 Å². The minimum absolute atomic E-state index is 0.0655. The number of ether oxygens (including phenoxy) is 1. The zero-order valence-electron chi connectivity index (χ0n) is 16.3. The van der Waals surface area contributed by atoms with E-state index in [2.05, 4.69) is 34.0 Å². The van der Waals surface area contributed by atoms with Crippen molar-refractivity contribution in [2.24, 2.45) is 11.8 Å². The van der Waals surface area contributed by atoms with Crippen LogP contribution in [0, 0.1) is 11.8 Å². The van der Waals surface area contributed by atoms with Crippen molar-refractivity contribution in [3.63, 3.8) is 0 Å². The van der Waals surface area contributed by atoms with E-state index in [1.165, 1.54) is 0 Å². The number of hydrogen-bond acceptors (Lipinski definition) is 5. The van der Waals surface area contributed by atoms with E-state index in [-0.39, 0.29) is 5.91 Å². The van der Waals surface area contributed by atoms with Gasteiger partial charge in [0.05, 0.1) is 18.4 Å². The van der Waals surface area contributed by atoms with Gasteiger partial charge < -0.3 is 15.0 Å². The van der Waals surface area contributed by atoms with E-state index in [1.807, 2.05) is 18.2 Å². The van der Waals surface area contributed by atoms with Gasteiger partial charge in [-0.3, -0.25) is 9.78 Å². The summed E-state index contributed by atoms with van der Waals surface area (Å²) in [4.78, 5) is 23.5. The number of hydrogen-bond donors (Lipinski definition) is 1. The molecule has 3 heterocycles. The van der Waals surface area contributed by atoms with Crippen LogP contribution in [0.25, 0.3) is 11.3 Å². The first-order valence-electron chi connectivity index (χ1n) is 9.52. The lowest BCUT2D eigenvalue weighted by Gasteiger charge is -2.18. The predicted molar refractivity (Wildman–Crippen MR) is 106 cm³/mol. The van der Waals surface area contributed by atoms with Crippen molar-refractivity contribution in [1.82, 2.24) is 20.2 Å². The SMILES string of the molecule is COc1ccc(-c2ccc(C(=O)NCC3CCN(CC(C)C)C3)cn2)cn1. The molecule has 1 N–H and O–H groups in total. The van der Waals surface area contributed by atoms with E-state index >= 15 is 0 Å². The standard InChI is InChI=1S/C21H28N4O2/c1-15(2)13-25-9-8-16(14-25)10-24-21(26)18-4-6-19(22-12-18)17-5-7-20(27-3)23-11-17/h4-7,11-12,15-16H,8-10,13-14H2,1-3H3,(H,24,26). The van der Waals surface area contributed by atoms with E-state index in [1.54, 1.807) is 25.6 Å². The highest BCUT2D eigenvalue weighted by Gasteiger charge is 2.23. The van der Waals surface area contributed by atoms with Gasteiger partial charge in [0, 0.05) is 43.7 Å². The van der Waals surface area contributed by atoms with Gasteiger partial charge in [-0.1, -0.05) is 13.8 Å². The lowest BCUT2D eigenvalue weighted by molar-refractivity contribution is 0.0947. The minimum Gasteiger partial charge on any atom is -0.481 e. The van der Waals surface area contributed by atoms with Gasteiger partial charge in [0.15, 0.2) is 0 Å². The second kappa shape index (κ2) is 8.95. The highest BCUT2D eigenvalue weighted by Crippen LogP contribution is 2.19. The van der Waals surface area contributed by atoms with Gasteiger partial charge in [-0.05, 0) is 43.0 Å². The summed E-state index contributed by atoms with van der Waals surface area (Å²) >= 11 is 0. The number of amides is 1. The Morgan fingerprint density at radius 3 is 2.74 bits per heavy atom. The molecule has 3 rings (SSSR count). The molecule has 1 unspecified atom stereocenters. The number of carbonyl (C=O) groups is 1. The van der Waals surface area contributed by atoms with Crippen LogP contribution in [-0.2, 0) is 0 Å². The van der Waals surface area contributed by atoms with E-state index in [9.17, 15) is 4.79 Å². The molecule has 6 nitrogen and oxygen atoms in total. The van der Waals surface area contributed by atoms with Gasteiger partial charge in [0.2, 0.25) is 5.88 Å². The van der Waals surface area contributed by atoms with E-state index in [0.717, 1.165) is 43.9 Å². The molecule has 0 aromatic carbocycles. The number of nitrogens with zero attached hydrogens (tertiary/aromatic N) is 3. The van der Waals surface area contributed by atoms with Crippen LogP contribution in [0.15, 0.2) is 36.7 Å². The maximum atomic E-state index is 12.4. The third kappa shape index (κ3) is 5.26. The maximum Gasteiger partial charge on any atom is 0.252 e. The molecule has 2 aromatic rings. The Balaban J connectivity index is 1.52. The average Bonchev–Trinajstić information content (AvgIpc) is 3.13. The zero-order valence-corrected chi connectivity index (χ0v) is 16.3. The largest absolute Gasteiger partial charge is 0.481 e. The smallest absolute Gasteiger partial charge is 0.252 e. The summed E-state index contributed by atoms with van der Waals surface area (Å²) in [6.45, 7) is 8.54. The Morgan fingerprint density at radius 1 is 1.26 bits per heavy atom. The first-order chi connectivity index (χ1) is 13.0. The fourth-order valence-electron chi connectivity index (χ4n) is 3.45. The predicted octanol–water partition coefficient (Wildman–Crippen LogP) is 2.86. The summed E-state index contributed by atoms with van der Waals surface area (Å²) in [5.74, 6) is 1.71. The number of pyridine rings is 2. The van der Waals surface area contributed by atoms with Crippen molar-refractivity contribution in [3.05, 3.63) is 42.2 Å². The fraction of sp³-hybridized carbons (Fsp3) is 0.476. The van der Waals surface area contributed by atoms with Crippen LogP contribution in [-0.4, -0.2) is 54.1 Å². The third-order valence-electron chi connectivity index (χ3n) is 4.81.